The van der Waals surface area contributed by atoms with Crippen molar-refractivity contribution in [3.05, 3.63) is 11.3 Å². The number of rotatable bonds is 2. The summed E-state index contributed by atoms with van der Waals surface area (Å²) in [7, 11) is 0. The quantitative estimate of drug-likeness (QED) is 0.688. The molecule has 1 fully saturated rings. The average Bonchev–Trinajstić information content (AvgIpc) is 2.66. The second kappa shape index (κ2) is 4.49. The first kappa shape index (κ1) is 11.5. The molecule has 0 bridgehead atoms. The van der Waals surface area contributed by atoms with E-state index < -0.39 is 0 Å². The second-order valence-corrected chi connectivity index (χ2v) is 4.89. The lowest BCUT2D eigenvalue weighted by Crippen LogP contribution is -2.40. The number of aliphatic imine (C=N–C) groups is 1. The summed E-state index contributed by atoms with van der Waals surface area (Å²) in [5.41, 5.74) is 1.50. The van der Waals surface area contributed by atoms with E-state index in [2.05, 4.69) is 9.89 Å². The van der Waals surface area contributed by atoms with Crippen molar-refractivity contribution in [1.29, 1.82) is 0 Å². The summed E-state index contributed by atoms with van der Waals surface area (Å²) in [5.74, 6) is 0.819. The lowest BCUT2D eigenvalue weighted by atomic mass is 10.0. The number of hydrogen-bond acceptors (Lipinski definition) is 5. The molecule has 88 valence electrons. The largest absolute Gasteiger partial charge is 0.463 e. The second-order valence-electron chi connectivity index (χ2n) is 3.83. The lowest BCUT2D eigenvalue weighted by molar-refractivity contribution is -0.139. The van der Waals surface area contributed by atoms with Gasteiger partial charge in [-0.3, -0.25) is 0 Å². The minimum atomic E-state index is -0.229. The van der Waals surface area contributed by atoms with Gasteiger partial charge in [-0.15, -0.1) is 0 Å². The van der Waals surface area contributed by atoms with Crippen LogP contribution in [0.3, 0.4) is 0 Å². The average molecular weight is 240 g/mol. The normalized spacial score (nSPS) is 24.3. The fraction of sp³-hybridized carbons (Fsp3) is 0.636. The first-order chi connectivity index (χ1) is 7.65. The van der Waals surface area contributed by atoms with Crippen LogP contribution in [0.2, 0.25) is 0 Å². The van der Waals surface area contributed by atoms with Crippen molar-refractivity contribution in [3.63, 3.8) is 0 Å². The number of thioether (sulfide) groups is 1. The van der Waals surface area contributed by atoms with E-state index in [0.29, 0.717) is 12.2 Å². The van der Waals surface area contributed by atoms with E-state index in [0.717, 1.165) is 23.2 Å². The topological polar surface area (TPSA) is 41.9 Å². The molecule has 16 heavy (non-hydrogen) atoms. The summed E-state index contributed by atoms with van der Waals surface area (Å²) < 4.78 is 5.07. The summed E-state index contributed by atoms with van der Waals surface area (Å²) in [4.78, 5) is 18.5. The number of nitrogens with zero attached hydrogens (tertiary/aromatic N) is 2. The van der Waals surface area contributed by atoms with Crippen molar-refractivity contribution in [3.8, 4) is 0 Å². The molecule has 0 aromatic rings. The van der Waals surface area contributed by atoms with Gasteiger partial charge >= 0.3 is 5.97 Å². The number of hydrogen-bond donors (Lipinski definition) is 0. The predicted molar refractivity (Wildman–Crippen MR) is 65.4 cm³/mol. The number of ether oxygens (including phenoxy) is 1. The van der Waals surface area contributed by atoms with E-state index in [1.165, 1.54) is 0 Å². The zero-order valence-electron chi connectivity index (χ0n) is 9.82. The molecule has 1 unspecified atom stereocenters. The van der Waals surface area contributed by atoms with Gasteiger partial charge < -0.3 is 9.64 Å². The van der Waals surface area contributed by atoms with Crippen LogP contribution in [0.4, 0.5) is 0 Å². The summed E-state index contributed by atoms with van der Waals surface area (Å²) in [6.45, 7) is 7.11. The van der Waals surface area contributed by atoms with E-state index in [1.54, 1.807) is 11.8 Å². The van der Waals surface area contributed by atoms with Crippen LogP contribution in [0, 0.1) is 0 Å². The van der Waals surface area contributed by atoms with Gasteiger partial charge in [0.1, 0.15) is 0 Å². The minimum Gasteiger partial charge on any atom is -0.463 e. The van der Waals surface area contributed by atoms with E-state index in [-0.39, 0.29) is 12.0 Å². The van der Waals surface area contributed by atoms with Crippen LogP contribution in [0.1, 0.15) is 20.8 Å². The van der Waals surface area contributed by atoms with Gasteiger partial charge in [-0.25, -0.2) is 9.79 Å². The van der Waals surface area contributed by atoms with Crippen LogP contribution in [0.25, 0.3) is 0 Å². The van der Waals surface area contributed by atoms with Crippen LogP contribution in [-0.4, -0.2) is 41.0 Å². The number of allylic oxidation sites excluding steroid dienone is 1. The third-order valence-corrected chi connectivity index (χ3v) is 3.81. The molecule has 1 atom stereocenters. The Balaban J connectivity index is 2.29. The van der Waals surface area contributed by atoms with Crippen LogP contribution in [0.15, 0.2) is 16.3 Å². The molecule has 2 aliphatic rings. The molecular formula is C11H16N2O2S. The third kappa shape index (κ3) is 1.84. The van der Waals surface area contributed by atoms with Crippen molar-refractivity contribution in [2.24, 2.45) is 4.99 Å². The predicted octanol–water partition coefficient (Wildman–Crippen LogP) is 1.63. The number of carbonyl (C=O) groups is 1. The Morgan fingerprint density at radius 2 is 2.44 bits per heavy atom. The van der Waals surface area contributed by atoms with Gasteiger partial charge in [-0.1, -0.05) is 11.8 Å². The Labute approximate surface area is 99.7 Å². The fourth-order valence-corrected chi connectivity index (χ4v) is 3.15. The Morgan fingerprint density at radius 3 is 3.12 bits per heavy atom. The third-order valence-electron chi connectivity index (χ3n) is 2.84. The van der Waals surface area contributed by atoms with Crippen molar-refractivity contribution in [2.45, 2.75) is 26.8 Å². The summed E-state index contributed by atoms with van der Waals surface area (Å²) in [6.07, 6.45) is 0. The Morgan fingerprint density at radius 1 is 1.69 bits per heavy atom. The molecule has 0 aliphatic carbocycles. The SMILES string of the molecule is CCOC(=O)C1=C(C)N=C2SCCN2C1C. The maximum Gasteiger partial charge on any atom is 0.337 e. The van der Waals surface area contributed by atoms with E-state index >= 15 is 0 Å². The fourth-order valence-electron chi connectivity index (χ4n) is 2.06. The summed E-state index contributed by atoms with van der Waals surface area (Å²) >= 11 is 1.75. The van der Waals surface area contributed by atoms with E-state index in [9.17, 15) is 4.79 Å². The monoisotopic (exact) mass is 240 g/mol. The number of amidine groups is 1. The molecule has 2 heterocycles. The molecule has 2 rings (SSSR count). The molecule has 0 aromatic heterocycles. The molecule has 0 saturated carbocycles. The zero-order valence-corrected chi connectivity index (χ0v) is 10.6. The molecule has 0 N–H and O–H groups in total. The Bertz CT molecular complexity index is 376. The van der Waals surface area contributed by atoms with Crippen molar-refractivity contribution >= 4 is 22.9 Å². The maximum atomic E-state index is 11.8. The van der Waals surface area contributed by atoms with Gasteiger partial charge in [0.25, 0.3) is 0 Å². The smallest absolute Gasteiger partial charge is 0.337 e. The lowest BCUT2D eigenvalue weighted by Gasteiger charge is -2.31. The molecule has 4 nitrogen and oxygen atoms in total. The maximum absolute atomic E-state index is 11.8. The highest BCUT2D eigenvalue weighted by molar-refractivity contribution is 8.14. The Kier molecular flexibility index (Phi) is 3.23. The molecule has 0 amide bonds. The highest BCUT2D eigenvalue weighted by Gasteiger charge is 2.34. The number of fused-ring (bicyclic) bond motifs is 1. The summed E-state index contributed by atoms with van der Waals surface area (Å²) in [5, 5.41) is 1.04. The van der Waals surface area contributed by atoms with Crippen molar-refractivity contribution < 1.29 is 9.53 Å². The molecule has 2 aliphatic heterocycles. The number of esters is 1. The van der Waals surface area contributed by atoms with E-state index in [4.69, 9.17) is 4.74 Å². The molecular weight excluding hydrogens is 224 g/mol. The first-order valence-electron chi connectivity index (χ1n) is 5.51. The standard InChI is InChI=1S/C11H16N2O2S/c1-4-15-10(14)9-7(2)12-11-13(8(9)3)5-6-16-11/h8H,4-6H2,1-3H3. The zero-order chi connectivity index (χ0) is 11.7. The Hall–Kier alpha value is -0.970. The van der Waals surface area contributed by atoms with Gasteiger partial charge in [0.15, 0.2) is 5.17 Å². The van der Waals surface area contributed by atoms with Gasteiger partial charge in [-0.2, -0.15) is 0 Å². The van der Waals surface area contributed by atoms with Crippen LogP contribution in [0.5, 0.6) is 0 Å². The molecule has 5 heteroatoms. The van der Waals surface area contributed by atoms with Crippen molar-refractivity contribution in [2.75, 3.05) is 18.9 Å². The van der Waals surface area contributed by atoms with Gasteiger partial charge in [0, 0.05) is 12.3 Å². The van der Waals surface area contributed by atoms with Gasteiger partial charge in [0.05, 0.1) is 23.9 Å². The molecule has 0 aromatic carbocycles. The van der Waals surface area contributed by atoms with Crippen LogP contribution in [-0.2, 0) is 9.53 Å². The highest BCUT2D eigenvalue weighted by atomic mass is 32.2. The van der Waals surface area contributed by atoms with Gasteiger partial charge in [0.2, 0.25) is 0 Å². The first-order valence-corrected chi connectivity index (χ1v) is 6.49. The van der Waals surface area contributed by atoms with Gasteiger partial charge in [-0.05, 0) is 20.8 Å². The minimum absolute atomic E-state index is 0.0848. The highest BCUT2D eigenvalue weighted by Crippen LogP contribution is 2.31. The summed E-state index contributed by atoms with van der Waals surface area (Å²) in [6, 6.07) is 0.0848. The van der Waals surface area contributed by atoms with E-state index in [1.807, 2.05) is 20.8 Å². The van der Waals surface area contributed by atoms with Crippen molar-refractivity contribution in [1.82, 2.24) is 4.90 Å². The molecule has 1 saturated heterocycles. The van der Waals surface area contributed by atoms with Crippen LogP contribution < -0.4 is 0 Å². The van der Waals surface area contributed by atoms with Crippen LogP contribution >= 0.6 is 11.8 Å². The molecule has 0 radical (unpaired) electrons. The number of carbonyl (C=O) groups excluding carboxylic acids is 1. The molecule has 0 spiro atoms.